The largest absolute Gasteiger partial charge is 0.507 e. The first-order valence-corrected chi connectivity index (χ1v) is 11.8. The highest BCUT2D eigenvalue weighted by Gasteiger charge is 2.39. The second-order valence-electron chi connectivity index (χ2n) is 9.58. The van der Waals surface area contributed by atoms with Gasteiger partial charge in [-0.25, -0.2) is 18.7 Å². The number of aromatic hydroxyl groups is 1. The van der Waals surface area contributed by atoms with E-state index < -0.39 is 12.0 Å². The van der Waals surface area contributed by atoms with Crippen molar-refractivity contribution >= 4 is 5.82 Å². The van der Waals surface area contributed by atoms with Gasteiger partial charge in [0.05, 0.1) is 24.9 Å². The highest BCUT2D eigenvalue weighted by Crippen LogP contribution is 2.43. The lowest BCUT2D eigenvalue weighted by atomic mass is 9.70. The zero-order valence-corrected chi connectivity index (χ0v) is 20.5. The number of ether oxygens (including phenoxy) is 1. The fraction of sp³-hybridized carbons (Fsp3) is 0.462. The van der Waals surface area contributed by atoms with Crippen molar-refractivity contribution in [3.05, 3.63) is 42.5 Å². The second kappa shape index (κ2) is 10.1. The maximum atomic E-state index is 14.8. The van der Waals surface area contributed by atoms with Gasteiger partial charge in [-0.1, -0.05) is 26.3 Å². The summed E-state index contributed by atoms with van der Waals surface area (Å²) < 4.78 is 33.7. The Hall–Kier alpha value is -3.36. The molecule has 4 rings (SSSR count). The van der Waals surface area contributed by atoms with E-state index in [4.69, 9.17) is 4.74 Å². The molecule has 1 saturated carbocycles. The molecule has 1 aromatic carbocycles. The third kappa shape index (κ3) is 5.18. The summed E-state index contributed by atoms with van der Waals surface area (Å²) in [7, 11) is 3.17. The molecule has 2 heterocycles. The molecule has 3 atom stereocenters. The monoisotopic (exact) mass is 483 g/mol. The molecule has 0 aliphatic heterocycles. The van der Waals surface area contributed by atoms with Gasteiger partial charge in [0, 0.05) is 18.8 Å². The van der Waals surface area contributed by atoms with Gasteiger partial charge in [-0.2, -0.15) is 0 Å². The van der Waals surface area contributed by atoms with E-state index in [-0.39, 0.29) is 28.9 Å². The van der Waals surface area contributed by atoms with E-state index in [1.165, 1.54) is 25.4 Å². The molecule has 9 heteroatoms. The van der Waals surface area contributed by atoms with Gasteiger partial charge in [0.15, 0.2) is 17.5 Å². The van der Waals surface area contributed by atoms with Crippen LogP contribution >= 0.6 is 0 Å². The average molecular weight is 484 g/mol. The zero-order valence-electron chi connectivity index (χ0n) is 20.5. The molecule has 0 bridgehead atoms. The van der Waals surface area contributed by atoms with Crippen LogP contribution in [-0.2, 0) is 0 Å². The lowest BCUT2D eigenvalue weighted by molar-refractivity contribution is 0.102. The minimum Gasteiger partial charge on any atom is -0.507 e. The fourth-order valence-corrected chi connectivity index (χ4v) is 4.98. The molecule has 0 radical (unpaired) electrons. The Bertz CT molecular complexity index is 1180. The molecule has 0 amide bonds. The van der Waals surface area contributed by atoms with E-state index in [0.717, 1.165) is 25.7 Å². The molecule has 0 saturated heterocycles. The molecular weight excluding hydrogens is 452 g/mol. The number of alkyl halides is 1. The number of halogens is 2. The first-order chi connectivity index (χ1) is 16.7. The highest BCUT2D eigenvalue weighted by atomic mass is 19.1. The number of nitrogens with zero attached hydrogens (tertiary/aromatic N) is 5. The van der Waals surface area contributed by atoms with Crippen molar-refractivity contribution in [3.63, 3.8) is 0 Å². The summed E-state index contributed by atoms with van der Waals surface area (Å²) in [5, 5.41) is 19.1. The van der Waals surface area contributed by atoms with Crippen LogP contribution in [0.25, 0.3) is 22.5 Å². The van der Waals surface area contributed by atoms with Gasteiger partial charge in [0.1, 0.15) is 11.9 Å². The number of hydrogen-bond donors (Lipinski definition) is 1. The molecule has 1 N–H and O–H groups in total. The van der Waals surface area contributed by atoms with Crippen LogP contribution in [-0.4, -0.2) is 51.6 Å². The predicted octanol–water partition coefficient (Wildman–Crippen LogP) is 5.59. The van der Waals surface area contributed by atoms with Crippen LogP contribution in [0, 0.1) is 11.2 Å². The van der Waals surface area contributed by atoms with Crippen LogP contribution in [0.3, 0.4) is 0 Å². The summed E-state index contributed by atoms with van der Waals surface area (Å²) in [6, 6.07) is 5.85. The second-order valence-corrected chi connectivity index (χ2v) is 9.58. The first-order valence-electron chi connectivity index (χ1n) is 11.8. The van der Waals surface area contributed by atoms with Crippen molar-refractivity contribution in [1.29, 1.82) is 0 Å². The molecule has 7 nitrogen and oxygen atoms in total. The Kier molecular flexibility index (Phi) is 7.14. The smallest absolute Gasteiger partial charge is 0.250 e. The van der Waals surface area contributed by atoms with Crippen LogP contribution in [0.5, 0.6) is 11.6 Å². The van der Waals surface area contributed by atoms with E-state index >= 15 is 0 Å². The maximum Gasteiger partial charge on any atom is 0.250 e. The van der Waals surface area contributed by atoms with Crippen LogP contribution in [0.1, 0.15) is 46.0 Å². The lowest BCUT2D eigenvalue weighted by Gasteiger charge is -2.43. The summed E-state index contributed by atoms with van der Waals surface area (Å²) in [6.45, 7) is 4.40. The van der Waals surface area contributed by atoms with Crippen LogP contribution in [0.15, 0.2) is 36.7 Å². The number of anilines is 1. The Morgan fingerprint density at radius 3 is 2.60 bits per heavy atom. The summed E-state index contributed by atoms with van der Waals surface area (Å²) in [6.07, 6.45) is 6.42. The van der Waals surface area contributed by atoms with Crippen molar-refractivity contribution in [2.45, 2.75) is 58.2 Å². The Labute approximate surface area is 204 Å². The highest BCUT2D eigenvalue weighted by molar-refractivity contribution is 5.72. The van der Waals surface area contributed by atoms with E-state index in [1.807, 2.05) is 11.9 Å². The molecule has 1 fully saturated rings. The van der Waals surface area contributed by atoms with E-state index in [2.05, 4.69) is 34.0 Å². The van der Waals surface area contributed by atoms with E-state index in [0.29, 0.717) is 28.9 Å². The van der Waals surface area contributed by atoms with Gasteiger partial charge in [-0.05, 0) is 54.9 Å². The SMILES string of the molecule is CCC[C@]1(C)CC[C@H](F)[C@H](N(C)c2cnc(-c3ccc(-c4cnc(OC)c(F)c4)cc3O)nn2)C1. The van der Waals surface area contributed by atoms with Gasteiger partial charge in [-0.3, -0.25) is 0 Å². The third-order valence-corrected chi connectivity index (χ3v) is 6.98. The first kappa shape index (κ1) is 24.8. The van der Waals surface area contributed by atoms with Gasteiger partial charge >= 0.3 is 0 Å². The summed E-state index contributed by atoms with van der Waals surface area (Å²) in [4.78, 5) is 10.1. The zero-order chi connectivity index (χ0) is 25.2. The molecule has 3 aromatic rings. The number of aromatic nitrogens is 4. The number of benzene rings is 1. The average Bonchev–Trinajstić information content (AvgIpc) is 2.85. The summed E-state index contributed by atoms with van der Waals surface area (Å²) >= 11 is 0. The molecular formula is C26H31F2N5O2. The molecule has 1 aliphatic carbocycles. The van der Waals surface area contributed by atoms with Gasteiger partial charge in [-0.15, -0.1) is 10.2 Å². The topological polar surface area (TPSA) is 84.3 Å². The number of rotatable bonds is 7. The van der Waals surface area contributed by atoms with E-state index in [1.54, 1.807) is 18.3 Å². The van der Waals surface area contributed by atoms with Crippen molar-refractivity contribution in [2.75, 3.05) is 19.1 Å². The standard InChI is InChI=1S/C26H31F2N5O2/c1-5-9-26(2)10-8-19(27)21(13-26)33(3)23-15-29-24(32-31-23)18-7-6-16(12-22(18)34)17-11-20(28)25(35-4)30-14-17/h6-7,11-12,14-15,19,21,34H,5,8-10,13H2,1-4H3/t19-,21+,26+/m0/s1. The Morgan fingerprint density at radius 2 is 1.97 bits per heavy atom. The number of hydrogen-bond acceptors (Lipinski definition) is 7. The van der Waals surface area contributed by atoms with Gasteiger partial charge in [0.2, 0.25) is 5.88 Å². The van der Waals surface area contributed by atoms with Crippen LogP contribution in [0.2, 0.25) is 0 Å². The van der Waals surface area contributed by atoms with Crippen molar-refractivity contribution < 1.29 is 18.6 Å². The normalized spacial score (nSPS) is 22.1. The van der Waals surface area contributed by atoms with Crippen LogP contribution < -0.4 is 9.64 Å². The molecule has 186 valence electrons. The summed E-state index contributed by atoms with van der Waals surface area (Å²) in [5.41, 5.74) is 1.57. The van der Waals surface area contributed by atoms with Gasteiger partial charge in [0.25, 0.3) is 0 Å². The third-order valence-electron chi connectivity index (χ3n) is 6.98. The van der Waals surface area contributed by atoms with Crippen molar-refractivity contribution in [1.82, 2.24) is 20.2 Å². The quantitative estimate of drug-likeness (QED) is 0.469. The van der Waals surface area contributed by atoms with Crippen molar-refractivity contribution in [2.24, 2.45) is 5.41 Å². The lowest BCUT2D eigenvalue weighted by Crippen LogP contribution is -2.47. The minimum absolute atomic E-state index is 0.0759. The molecule has 35 heavy (non-hydrogen) atoms. The maximum absolute atomic E-state index is 14.8. The molecule has 0 spiro atoms. The molecule has 2 aromatic heterocycles. The predicted molar refractivity (Wildman–Crippen MR) is 131 cm³/mol. The number of phenols is 1. The molecule has 1 aliphatic rings. The number of methoxy groups -OCH3 is 1. The van der Waals surface area contributed by atoms with Gasteiger partial charge < -0.3 is 14.7 Å². The summed E-state index contributed by atoms with van der Waals surface area (Å²) in [5.74, 6) is -0.0432. The fourth-order valence-electron chi connectivity index (χ4n) is 4.98. The van der Waals surface area contributed by atoms with Crippen LogP contribution in [0.4, 0.5) is 14.6 Å². The van der Waals surface area contributed by atoms with Crippen molar-refractivity contribution in [3.8, 4) is 34.1 Å². The minimum atomic E-state index is -0.930. The Morgan fingerprint density at radius 1 is 1.17 bits per heavy atom. The van der Waals surface area contributed by atoms with E-state index in [9.17, 15) is 13.9 Å². The number of pyridine rings is 1. The Balaban J connectivity index is 1.53. The number of phenolic OH excluding ortho intramolecular Hbond substituents is 1. The molecule has 0 unspecified atom stereocenters.